The molecule has 0 amide bonds. The van der Waals surface area contributed by atoms with E-state index in [2.05, 4.69) is 11.5 Å². The summed E-state index contributed by atoms with van der Waals surface area (Å²) >= 11 is 0. The molecule has 0 aliphatic heterocycles. The lowest BCUT2D eigenvalue weighted by Gasteiger charge is -2.30. The molecule has 1 aromatic rings. The van der Waals surface area contributed by atoms with Crippen LogP contribution in [-0.2, 0) is 9.84 Å². The molecule has 1 aliphatic carbocycles. The van der Waals surface area contributed by atoms with Crippen molar-refractivity contribution in [3.8, 4) is 0 Å². The molecule has 1 fully saturated rings. The summed E-state index contributed by atoms with van der Waals surface area (Å²) in [7, 11) is -3.06. The monoisotopic (exact) mass is 268 g/mol. The van der Waals surface area contributed by atoms with Gasteiger partial charge in [0.2, 0.25) is 0 Å². The van der Waals surface area contributed by atoms with Gasteiger partial charge in [-0.2, -0.15) is 0 Å². The maximum Gasteiger partial charge on any atom is 0.149 e. The lowest BCUT2D eigenvalue weighted by Crippen LogP contribution is -2.34. The van der Waals surface area contributed by atoms with Crippen molar-refractivity contribution in [3.05, 3.63) is 35.4 Å². The fourth-order valence-corrected chi connectivity index (χ4v) is 3.33. The number of benzene rings is 1. The maximum absolute atomic E-state index is 11.4. The van der Waals surface area contributed by atoms with Crippen molar-refractivity contribution in [2.75, 3.05) is 12.0 Å². The van der Waals surface area contributed by atoms with Gasteiger partial charge >= 0.3 is 0 Å². The fourth-order valence-electron chi connectivity index (χ4n) is 2.45. The van der Waals surface area contributed by atoms with E-state index in [1.807, 2.05) is 18.2 Å². The minimum Gasteiger partial charge on any atom is -0.271 e. The van der Waals surface area contributed by atoms with E-state index in [4.69, 9.17) is 5.84 Å². The zero-order valence-electron chi connectivity index (χ0n) is 10.6. The summed E-state index contributed by atoms with van der Waals surface area (Å²) in [6, 6.07) is 7.68. The Balaban J connectivity index is 2.29. The van der Waals surface area contributed by atoms with Gasteiger partial charge in [0.25, 0.3) is 0 Å². The van der Waals surface area contributed by atoms with E-state index < -0.39 is 9.84 Å². The summed E-state index contributed by atoms with van der Waals surface area (Å²) in [5, 5.41) is 0. The van der Waals surface area contributed by atoms with E-state index in [0.29, 0.717) is 5.92 Å². The quantitative estimate of drug-likeness (QED) is 0.627. The summed E-state index contributed by atoms with van der Waals surface area (Å²) in [6.45, 7) is 0. The second-order valence-corrected chi connectivity index (χ2v) is 7.25. The van der Waals surface area contributed by atoms with E-state index in [-0.39, 0.29) is 11.8 Å². The molecular weight excluding hydrogens is 248 g/mol. The van der Waals surface area contributed by atoms with Crippen LogP contribution in [-0.4, -0.2) is 20.4 Å². The van der Waals surface area contributed by atoms with Crippen molar-refractivity contribution < 1.29 is 8.42 Å². The van der Waals surface area contributed by atoms with Crippen molar-refractivity contribution in [1.29, 1.82) is 0 Å². The third-order valence-electron chi connectivity index (χ3n) is 3.59. The van der Waals surface area contributed by atoms with Crippen LogP contribution in [0.3, 0.4) is 0 Å². The first-order valence-electron chi connectivity index (χ1n) is 6.24. The molecule has 0 bridgehead atoms. The van der Waals surface area contributed by atoms with Gasteiger partial charge in [-0.1, -0.05) is 30.7 Å². The Kier molecular flexibility index (Phi) is 4.04. The van der Waals surface area contributed by atoms with Gasteiger partial charge in [-0.3, -0.25) is 11.3 Å². The molecule has 0 spiro atoms. The minimum atomic E-state index is -3.06. The number of nitrogens with two attached hydrogens (primary N) is 1. The number of sulfone groups is 1. The Morgan fingerprint density at radius 2 is 2.06 bits per heavy atom. The highest BCUT2D eigenvalue weighted by Gasteiger charge is 2.26. The van der Waals surface area contributed by atoms with Crippen LogP contribution < -0.4 is 11.3 Å². The molecule has 1 unspecified atom stereocenters. The Hall–Kier alpha value is -0.910. The molecule has 5 heteroatoms. The first-order valence-corrected chi connectivity index (χ1v) is 8.30. The highest BCUT2D eigenvalue weighted by molar-refractivity contribution is 7.90. The van der Waals surface area contributed by atoms with Crippen molar-refractivity contribution >= 4 is 9.84 Å². The molecule has 1 aromatic carbocycles. The van der Waals surface area contributed by atoms with Crippen LogP contribution in [0, 0.1) is 0 Å². The highest BCUT2D eigenvalue weighted by atomic mass is 32.2. The third kappa shape index (κ3) is 3.10. The molecule has 4 nitrogen and oxygen atoms in total. The Labute approximate surface area is 108 Å². The smallest absolute Gasteiger partial charge is 0.149 e. The van der Waals surface area contributed by atoms with E-state index >= 15 is 0 Å². The van der Waals surface area contributed by atoms with Crippen LogP contribution in [0.15, 0.2) is 24.3 Å². The normalized spacial score (nSPS) is 18.3. The molecule has 1 saturated carbocycles. The number of rotatable bonds is 5. The Morgan fingerprint density at radius 1 is 1.39 bits per heavy atom. The molecule has 1 aliphatic rings. The lowest BCUT2D eigenvalue weighted by atomic mass is 9.77. The Morgan fingerprint density at radius 3 is 2.56 bits per heavy atom. The number of hydrogen-bond acceptors (Lipinski definition) is 4. The van der Waals surface area contributed by atoms with E-state index in [1.54, 1.807) is 0 Å². The molecule has 0 aromatic heterocycles. The lowest BCUT2D eigenvalue weighted by molar-refractivity contribution is 0.413. The molecule has 0 saturated heterocycles. The van der Waals surface area contributed by atoms with Gasteiger partial charge in [-0.25, -0.2) is 8.42 Å². The van der Waals surface area contributed by atoms with Crippen molar-refractivity contribution in [2.45, 2.75) is 31.2 Å². The van der Waals surface area contributed by atoms with Crippen LogP contribution in [0.2, 0.25) is 0 Å². The molecule has 2 rings (SSSR count). The molecular formula is C13H20N2O2S. The van der Waals surface area contributed by atoms with Gasteiger partial charge in [0.05, 0.1) is 11.8 Å². The summed E-state index contributed by atoms with van der Waals surface area (Å²) in [5.74, 6) is 6.13. The third-order valence-corrected chi connectivity index (χ3v) is 4.53. The highest BCUT2D eigenvalue weighted by Crippen LogP contribution is 2.39. The van der Waals surface area contributed by atoms with Gasteiger partial charge in [-0.15, -0.1) is 0 Å². The second-order valence-electron chi connectivity index (χ2n) is 5.07. The molecule has 3 N–H and O–H groups in total. The first-order chi connectivity index (χ1) is 8.51. The predicted octanol–water partition coefficient (Wildman–Crippen LogP) is 1.50. The molecule has 1 atom stereocenters. The standard InChI is InChI=1S/C13H20N2O2S/c1-18(16,17)9-13(15-14)12-8-3-2-7-11(12)10-5-4-6-10/h2-3,7-8,10,13,15H,4-6,9,14H2,1H3. The number of hydrazine groups is 1. The fraction of sp³-hybridized carbons (Fsp3) is 0.538. The van der Waals surface area contributed by atoms with E-state index in [9.17, 15) is 8.42 Å². The summed E-state index contributed by atoms with van der Waals surface area (Å²) in [6.07, 6.45) is 4.87. The molecule has 0 radical (unpaired) electrons. The number of hydrogen-bond donors (Lipinski definition) is 2. The van der Waals surface area contributed by atoms with Crippen LogP contribution in [0.5, 0.6) is 0 Å². The van der Waals surface area contributed by atoms with Crippen LogP contribution in [0.25, 0.3) is 0 Å². The SMILES string of the molecule is CS(=O)(=O)CC(NN)c1ccccc1C1CCC1. The average Bonchev–Trinajstić information content (AvgIpc) is 2.23. The predicted molar refractivity (Wildman–Crippen MR) is 72.8 cm³/mol. The summed E-state index contributed by atoms with van der Waals surface area (Å²) in [5.41, 5.74) is 4.91. The maximum atomic E-state index is 11.4. The van der Waals surface area contributed by atoms with Gasteiger partial charge in [0, 0.05) is 6.26 Å². The molecule has 18 heavy (non-hydrogen) atoms. The van der Waals surface area contributed by atoms with E-state index in [0.717, 1.165) is 5.56 Å². The zero-order chi connectivity index (χ0) is 13.2. The molecule has 0 heterocycles. The van der Waals surface area contributed by atoms with Crippen molar-refractivity contribution in [3.63, 3.8) is 0 Å². The largest absolute Gasteiger partial charge is 0.271 e. The summed E-state index contributed by atoms with van der Waals surface area (Å²) < 4.78 is 22.9. The topological polar surface area (TPSA) is 72.2 Å². The van der Waals surface area contributed by atoms with Crippen LogP contribution in [0.1, 0.15) is 42.3 Å². The summed E-state index contributed by atoms with van der Waals surface area (Å²) in [4.78, 5) is 0. The van der Waals surface area contributed by atoms with E-state index in [1.165, 1.54) is 31.1 Å². The molecule has 100 valence electrons. The average molecular weight is 268 g/mol. The first kappa shape index (κ1) is 13.5. The Bertz CT molecular complexity index is 509. The van der Waals surface area contributed by atoms with Crippen LogP contribution >= 0.6 is 0 Å². The van der Waals surface area contributed by atoms with Gasteiger partial charge in [0.15, 0.2) is 0 Å². The van der Waals surface area contributed by atoms with Gasteiger partial charge in [0.1, 0.15) is 9.84 Å². The van der Waals surface area contributed by atoms with Crippen molar-refractivity contribution in [2.24, 2.45) is 5.84 Å². The van der Waals surface area contributed by atoms with Gasteiger partial charge < -0.3 is 0 Å². The van der Waals surface area contributed by atoms with Crippen molar-refractivity contribution in [1.82, 2.24) is 5.43 Å². The van der Waals surface area contributed by atoms with Gasteiger partial charge in [-0.05, 0) is 29.9 Å². The number of nitrogens with one attached hydrogen (secondary N) is 1. The van der Waals surface area contributed by atoms with Crippen LogP contribution in [0.4, 0.5) is 0 Å². The zero-order valence-corrected chi connectivity index (χ0v) is 11.4. The second kappa shape index (κ2) is 5.38. The minimum absolute atomic E-state index is 0.0350.